The normalized spacial score (nSPS) is 9.75. The van der Waals surface area contributed by atoms with Gasteiger partial charge in [0.25, 0.3) is 0 Å². The van der Waals surface area contributed by atoms with E-state index in [1.807, 2.05) is 0 Å². The van der Waals surface area contributed by atoms with Gasteiger partial charge in [-0.05, 0) is 10.4 Å². The lowest BCUT2D eigenvalue weighted by atomic mass is 10.6. The van der Waals surface area contributed by atoms with Crippen LogP contribution < -0.4 is 10.9 Å². The summed E-state index contributed by atoms with van der Waals surface area (Å²) in [7, 11) is 0. The quantitative estimate of drug-likeness (QED) is 0.552. The van der Waals surface area contributed by atoms with E-state index in [-0.39, 0.29) is 0 Å². The summed E-state index contributed by atoms with van der Waals surface area (Å²) in [6, 6.07) is 0. The van der Waals surface area contributed by atoms with Crippen molar-refractivity contribution in [1.29, 1.82) is 0 Å². The van der Waals surface area contributed by atoms with E-state index in [1.165, 1.54) is 24.8 Å². The molecule has 0 bridgehead atoms. The molecule has 0 saturated carbocycles. The Kier molecular flexibility index (Phi) is 2.54. The van der Waals surface area contributed by atoms with Gasteiger partial charge in [0.2, 0.25) is 0 Å². The van der Waals surface area contributed by atoms with E-state index in [0.717, 1.165) is 9.58 Å². The first-order valence-corrected chi connectivity index (χ1v) is 4.10. The van der Waals surface area contributed by atoms with Gasteiger partial charge < -0.3 is 0 Å². The fourth-order valence-corrected chi connectivity index (χ4v) is 0.845. The summed E-state index contributed by atoms with van der Waals surface area (Å²) in [6.45, 7) is 0. The minimum absolute atomic E-state index is 0.902. The highest BCUT2D eigenvalue weighted by Gasteiger charge is 2.14. The number of hydrogen-bond donors (Lipinski definition) is 2. The Morgan fingerprint density at radius 3 is 1.62 bits per heavy atom. The summed E-state index contributed by atoms with van der Waals surface area (Å²) >= 11 is 0. The SMILES string of the molecule is O=C(Nn1ccnn1)C(=O)Nn1ccnn1. The third kappa shape index (κ3) is 2.17. The molecule has 82 valence electrons. The van der Waals surface area contributed by atoms with Gasteiger partial charge in [-0.25, -0.2) is 10.9 Å². The first-order valence-electron chi connectivity index (χ1n) is 4.10. The number of carbonyl (C=O) groups is 2. The number of carbonyl (C=O) groups excluding carboxylic acids is 2. The topological polar surface area (TPSA) is 120 Å². The minimum atomic E-state index is -0.902. The lowest BCUT2D eigenvalue weighted by Gasteiger charge is -2.04. The van der Waals surface area contributed by atoms with Crippen LogP contribution in [0, 0.1) is 0 Å². The first kappa shape index (κ1) is 9.76. The standard InChI is InChI=1S/C6H6N8O2/c15-5(9-13-3-1-7-11-13)6(16)10-14-4-2-8-12-14/h1-4H,(H,9,15)(H,10,16). The second-order valence-corrected chi connectivity index (χ2v) is 2.58. The molecule has 0 spiro atoms. The smallest absolute Gasteiger partial charge is 0.262 e. The molecule has 0 fully saturated rings. The highest BCUT2D eigenvalue weighted by atomic mass is 16.2. The van der Waals surface area contributed by atoms with Gasteiger partial charge in [0.1, 0.15) is 0 Å². The zero-order valence-electron chi connectivity index (χ0n) is 7.81. The lowest BCUT2D eigenvalue weighted by molar-refractivity contribution is -0.134. The summed E-state index contributed by atoms with van der Waals surface area (Å²) in [5.41, 5.74) is 4.33. The largest absolute Gasteiger partial charge is 0.331 e. The summed E-state index contributed by atoms with van der Waals surface area (Å²) in [6.07, 6.45) is 5.46. The molecular weight excluding hydrogens is 216 g/mol. The molecule has 0 aliphatic rings. The minimum Gasteiger partial charge on any atom is -0.262 e. The van der Waals surface area contributed by atoms with Crippen LogP contribution in [0.2, 0.25) is 0 Å². The van der Waals surface area contributed by atoms with Gasteiger partial charge in [-0.2, -0.15) is 9.58 Å². The second kappa shape index (κ2) is 4.16. The Bertz CT molecular complexity index is 428. The molecule has 0 saturated heterocycles. The molecule has 2 heterocycles. The summed E-state index contributed by atoms with van der Waals surface area (Å²) in [5, 5.41) is 13.8. The number of nitrogens with one attached hydrogen (secondary N) is 2. The molecule has 2 N–H and O–H groups in total. The van der Waals surface area contributed by atoms with Crippen molar-refractivity contribution in [2.45, 2.75) is 0 Å². The maximum atomic E-state index is 11.3. The van der Waals surface area contributed by atoms with E-state index in [1.54, 1.807) is 0 Å². The molecule has 2 rings (SSSR count). The average molecular weight is 222 g/mol. The molecule has 0 atom stereocenters. The molecule has 0 unspecified atom stereocenters. The predicted molar refractivity (Wildman–Crippen MR) is 48.8 cm³/mol. The molecule has 10 nitrogen and oxygen atoms in total. The van der Waals surface area contributed by atoms with Crippen LogP contribution in [0.4, 0.5) is 0 Å². The highest BCUT2D eigenvalue weighted by molar-refractivity contribution is 6.41. The summed E-state index contributed by atoms with van der Waals surface area (Å²) in [5.74, 6) is -1.80. The molecule has 0 aliphatic carbocycles. The molecule has 0 aromatic carbocycles. The fourth-order valence-electron chi connectivity index (χ4n) is 0.845. The van der Waals surface area contributed by atoms with Gasteiger partial charge in [-0.1, -0.05) is 0 Å². The van der Waals surface area contributed by atoms with Crippen LogP contribution in [0.3, 0.4) is 0 Å². The monoisotopic (exact) mass is 222 g/mol. The Morgan fingerprint density at radius 2 is 1.31 bits per heavy atom. The lowest BCUT2D eigenvalue weighted by Crippen LogP contribution is -2.38. The predicted octanol–water partition coefficient (Wildman–Crippen LogP) is -2.29. The molecule has 2 aromatic heterocycles. The number of hydrogen-bond acceptors (Lipinski definition) is 6. The van der Waals surface area contributed by atoms with Crippen molar-refractivity contribution in [3.63, 3.8) is 0 Å². The van der Waals surface area contributed by atoms with E-state index in [0.29, 0.717) is 0 Å². The van der Waals surface area contributed by atoms with Gasteiger partial charge in [0.15, 0.2) is 0 Å². The van der Waals surface area contributed by atoms with Crippen molar-refractivity contribution < 1.29 is 9.59 Å². The summed E-state index contributed by atoms with van der Waals surface area (Å²) < 4.78 is 0. The van der Waals surface area contributed by atoms with Crippen molar-refractivity contribution in [2.75, 3.05) is 10.9 Å². The van der Waals surface area contributed by atoms with Crippen LogP contribution in [-0.2, 0) is 9.59 Å². The van der Waals surface area contributed by atoms with Gasteiger partial charge in [0.05, 0.1) is 24.8 Å². The third-order valence-electron chi connectivity index (χ3n) is 1.48. The van der Waals surface area contributed by atoms with Crippen LogP contribution in [-0.4, -0.2) is 42.0 Å². The number of amides is 2. The van der Waals surface area contributed by atoms with Crippen LogP contribution in [0.1, 0.15) is 0 Å². The zero-order chi connectivity index (χ0) is 11.4. The van der Waals surface area contributed by atoms with Crippen LogP contribution >= 0.6 is 0 Å². The third-order valence-corrected chi connectivity index (χ3v) is 1.48. The van der Waals surface area contributed by atoms with Gasteiger partial charge in [-0.15, -0.1) is 10.2 Å². The maximum absolute atomic E-state index is 11.3. The Balaban J connectivity index is 1.92. The van der Waals surface area contributed by atoms with Crippen molar-refractivity contribution in [2.24, 2.45) is 0 Å². The highest BCUT2D eigenvalue weighted by Crippen LogP contribution is 1.79. The van der Waals surface area contributed by atoms with Crippen molar-refractivity contribution in [1.82, 2.24) is 30.2 Å². The van der Waals surface area contributed by atoms with Crippen molar-refractivity contribution in [3.8, 4) is 0 Å². The van der Waals surface area contributed by atoms with E-state index in [4.69, 9.17) is 0 Å². The van der Waals surface area contributed by atoms with Crippen LogP contribution in [0.5, 0.6) is 0 Å². The number of aromatic nitrogens is 6. The first-order chi connectivity index (χ1) is 7.75. The van der Waals surface area contributed by atoms with Crippen molar-refractivity contribution >= 4 is 11.8 Å². The average Bonchev–Trinajstić information content (AvgIpc) is 2.90. The van der Waals surface area contributed by atoms with E-state index >= 15 is 0 Å². The van der Waals surface area contributed by atoms with Crippen LogP contribution in [0.25, 0.3) is 0 Å². The maximum Gasteiger partial charge on any atom is 0.331 e. The number of rotatable bonds is 2. The van der Waals surface area contributed by atoms with Gasteiger partial charge in [-0.3, -0.25) is 9.59 Å². The summed E-state index contributed by atoms with van der Waals surface area (Å²) in [4.78, 5) is 24.5. The van der Waals surface area contributed by atoms with Gasteiger partial charge >= 0.3 is 11.8 Å². The van der Waals surface area contributed by atoms with E-state index < -0.39 is 11.8 Å². The molecule has 0 aliphatic heterocycles. The Labute approximate surface area is 88.2 Å². The van der Waals surface area contributed by atoms with Gasteiger partial charge in [0, 0.05) is 0 Å². The second-order valence-electron chi connectivity index (χ2n) is 2.58. The molecule has 0 radical (unpaired) electrons. The number of nitrogens with zero attached hydrogens (tertiary/aromatic N) is 6. The Morgan fingerprint density at radius 1 is 0.875 bits per heavy atom. The van der Waals surface area contributed by atoms with Crippen molar-refractivity contribution in [3.05, 3.63) is 24.8 Å². The Hall–Kier alpha value is -2.78. The molecule has 2 aromatic rings. The molecule has 16 heavy (non-hydrogen) atoms. The molecule has 10 heteroatoms. The molecular formula is C6H6N8O2. The van der Waals surface area contributed by atoms with E-state index in [9.17, 15) is 9.59 Å². The van der Waals surface area contributed by atoms with Crippen LogP contribution in [0.15, 0.2) is 24.8 Å². The van der Waals surface area contributed by atoms with E-state index in [2.05, 4.69) is 31.5 Å². The fraction of sp³-hybridized carbons (Fsp3) is 0. The molecule has 2 amide bonds. The zero-order valence-corrected chi connectivity index (χ0v) is 7.81.